The van der Waals surface area contributed by atoms with Crippen molar-refractivity contribution in [2.45, 2.75) is 77.5 Å². The number of nitrogens with zero attached hydrogens (tertiary/aromatic N) is 3. The second-order valence-electron chi connectivity index (χ2n) is 11.8. The third-order valence-corrected chi connectivity index (χ3v) is 8.22. The summed E-state index contributed by atoms with van der Waals surface area (Å²) in [5.41, 5.74) is 6.62. The SMILES string of the molecule is CC(C)[C@@H]1CN(c2cc(C3CC3)c3c(c2C#N)CC(C)(C)OC3)CCN1C(=O)NCCc1ccccc1. The maximum absolute atomic E-state index is 13.2. The summed E-state index contributed by atoms with van der Waals surface area (Å²) in [6.45, 7) is 11.9. The average Bonchev–Trinajstić information content (AvgIpc) is 3.73. The second kappa shape index (κ2) is 10.4. The Bertz CT molecular complexity index is 1180. The average molecular weight is 501 g/mol. The highest BCUT2D eigenvalue weighted by Crippen LogP contribution is 2.47. The van der Waals surface area contributed by atoms with Gasteiger partial charge in [0, 0.05) is 32.6 Å². The first kappa shape index (κ1) is 25.6. The fourth-order valence-electron chi connectivity index (χ4n) is 5.94. The van der Waals surface area contributed by atoms with Gasteiger partial charge in [0.2, 0.25) is 0 Å². The molecule has 1 saturated heterocycles. The Hall–Kier alpha value is -3.04. The van der Waals surface area contributed by atoms with Gasteiger partial charge in [-0.05, 0) is 73.3 Å². The minimum atomic E-state index is -0.269. The Balaban J connectivity index is 1.36. The van der Waals surface area contributed by atoms with Gasteiger partial charge in [0.15, 0.2) is 0 Å². The molecular formula is C31H40N4O2. The van der Waals surface area contributed by atoms with E-state index in [1.165, 1.54) is 35.1 Å². The van der Waals surface area contributed by atoms with Gasteiger partial charge in [-0.3, -0.25) is 0 Å². The largest absolute Gasteiger partial charge is 0.371 e. The summed E-state index contributed by atoms with van der Waals surface area (Å²) >= 11 is 0. The number of nitrogens with one attached hydrogen (secondary N) is 1. The van der Waals surface area contributed by atoms with E-state index in [1.54, 1.807) is 0 Å². The number of rotatable bonds is 6. The van der Waals surface area contributed by atoms with E-state index in [1.807, 2.05) is 23.1 Å². The van der Waals surface area contributed by atoms with E-state index in [0.717, 1.165) is 37.2 Å². The fourth-order valence-corrected chi connectivity index (χ4v) is 5.94. The number of fused-ring (bicyclic) bond motifs is 1. The quantitative estimate of drug-likeness (QED) is 0.578. The first-order valence-electron chi connectivity index (χ1n) is 13.8. The topological polar surface area (TPSA) is 68.6 Å². The minimum absolute atomic E-state index is 0.0118. The second-order valence-corrected chi connectivity index (χ2v) is 11.8. The number of piperazine rings is 1. The van der Waals surface area contributed by atoms with Crippen LogP contribution in [0.2, 0.25) is 0 Å². The van der Waals surface area contributed by atoms with Crippen molar-refractivity contribution in [2.24, 2.45) is 5.92 Å². The zero-order valence-electron chi connectivity index (χ0n) is 22.7. The first-order valence-corrected chi connectivity index (χ1v) is 13.8. The van der Waals surface area contributed by atoms with Gasteiger partial charge >= 0.3 is 6.03 Å². The zero-order chi connectivity index (χ0) is 26.2. The molecular weight excluding hydrogens is 460 g/mol. The molecule has 37 heavy (non-hydrogen) atoms. The summed E-state index contributed by atoms with van der Waals surface area (Å²) in [6, 6.07) is 15.2. The predicted octanol–water partition coefficient (Wildman–Crippen LogP) is 5.39. The number of anilines is 1. The molecule has 1 atom stereocenters. The van der Waals surface area contributed by atoms with E-state index >= 15 is 0 Å². The number of ether oxygens (including phenoxy) is 1. The fraction of sp³-hybridized carbons (Fsp3) is 0.548. The molecule has 6 heteroatoms. The Morgan fingerprint density at radius 2 is 1.95 bits per heavy atom. The lowest BCUT2D eigenvalue weighted by Gasteiger charge is -2.45. The molecule has 196 valence electrons. The number of carbonyl (C=O) groups is 1. The van der Waals surface area contributed by atoms with Crippen LogP contribution < -0.4 is 10.2 Å². The highest BCUT2D eigenvalue weighted by molar-refractivity contribution is 5.75. The molecule has 3 aliphatic rings. The zero-order valence-corrected chi connectivity index (χ0v) is 22.7. The van der Waals surface area contributed by atoms with E-state index in [9.17, 15) is 10.1 Å². The van der Waals surface area contributed by atoms with Crippen LogP contribution in [0.4, 0.5) is 10.5 Å². The monoisotopic (exact) mass is 500 g/mol. The Morgan fingerprint density at radius 1 is 1.19 bits per heavy atom. The molecule has 0 bridgehead atoms. The maximum atomic E-state index is 13.2. The van der Waals surface area contributed by atoms with Crippen LogP contribution in [0.5, 0.6) is 0 Å². The van der Waals surface area contributed by atoms with Crippen molar-refractivity contribution in [1.29, 1.82) is 5.26 Å². The molecule has 0 spiro atoms. The molecule has 2 aliphatic heterocycles. The summed E-state index contributed by atoms with van der Waals surface area (Å²) in [4.78, 5) is 17.6. The summed E-state index contributed by atoms with van der Waals surface area (Å²) in [6.07, 6.45) is 4.01. The Morgan fingerprint density at radius 3 is 2.62 bits per heavy atom. The highest BCUT2D eigenvalue weighted by atomic mass is 16.5. The minimum Gasteiger partial charge on any atom is -0.371 e. The molecule has 0 aromatic heterocycles. The van der Waals surface area contributed by atoms with Gasteiger partial charge in [0.05, 0.1) is 29.5 Å². The lowest BCUT2D eigenvalue weighted by molar-refractivity contribution is -0.0405. The van der Waals surface area contributed by atoms with Gasteiger partial charge in [-0.2, -0.15) is 5.26 Å². The third-order valence-electron chi connectivity index (χ3n) is 8.22. The number of nitriles is 1. The molecule has 2 aromatic rings. The lowest BCUT2D eigenvalue weighted by Crippen LogP contribution is -2.59. The molecule has 0 radical (unpaired) electrons. The van der Waals surface area contributed by atoms with Crippen LogP contribution in [-0.2, 0) is 24.2 Å². The van der Waals surface area contributed by atoms with Crippen LogP contribution in [0, 0.1) is 17.2 Å². The van der Waals surface area contributed by atoms with E-state index in [4.69, 9.17) is 4.74 Å². The number of hydrogen-bond acceptors (Lipinski definition) is 4. The van der Waals surface area contributed by atoms with Gasteiger partial charge in [0.1, 0.15) is 6.07 Å². The van der Waals surface area contributed by atoms with Crippen molar-refractivity contribution in [1.82, 2.24) is 10.2 Å². The molecule has 1 N–H and O–H groups in total. The number of hydrogen-bond donors (Lipinski definition) is 1. The van der Waals surface area contributed by atoms with Gasteiger partial charge in [0.25, 0.3) is 0 Å². The van der Waals surface area contributed by atoms with Gasteiger partial charge in [-0.25, -0.2) is 4.79 Å². The van der Waals surface area contributed by atoms with Crippen LogP contribution in [0.3, 0.4) is 0 Å². The van der Waals surface area contributed by atoms with Gasteiger partial charge in [-0.1, -0.05) is 44.2 Å². The van der Waals surface area contributed by atoms with Crippen molar-refractivity contribution in [2.75, 3.05) is 31.1 Å². The molecule has 0 unspecified atom stereocenters. The van der Waals surface area contributed by atoms with Gasteiger partial charge in [-0.15, -0.1) is 0 Å². The number of amides is 2. The van der Waals surface area contributed by atoms with Crippen LogP contribution in [-0.4, -0.2) is 48.8 Å². The first-order chi connectivity index (χ1) is 17.8. The molecule has 1 aliphatic carbocycles. The van der Waals surface area contributed by atoms with E-state index in [2.05, 4.69) is 62.2 Å². The number of benzene rings is 2. The Kier molecular flexibility index (Phi) is 7.18. The summed E-state index contributed by atoms with van der Waals surface area (Å²) in [5.74, 6) is 0.892. The van der Waals surface area contributed by atoms with Crippen molar-refractivity contribution in [3.63, 3.8) is 0 Å². The normalized spacial score (nSPS) is 20.9. The molecule has 6 nitrogen and oxygen atoms in total. The van der Waals surface area contributed by atoms with E-state index in [0.29, 0.717) is 31.5 Å². The predicted molar refractivity (Wildman–Crippen MR) is 147 cm³/mol. The van der Waals surface area contributed by atoms with E-state index < -0.39 is 0 Å². The van der Waals surface area contributed by atoms with Crippen molar-refractivity contribution < 1.29 is 9.53 Å². The standard InChI is InChI=1S/C31H40N4O2/c1-21(2)29-19-34(14-15-35(29)30(36)33-13-12-22-8-6-5-7-9-22)28-16-24(23-10-11-23)27-20-37-31(3,4)17-25(27)26(28)18-32/h5-9,16,21,23,29H,10-15,17,19-20H2,1-4H3,(H,33,36)/t29-/m0/s1. The van der Waals surface area contributed by atoms with Gasteiger partial charge < -0.3 is 19.9 Å². The molecule has 2 amide bonds. The molecule has 1 saturated carbocycles. The number of carbonyl (C=O) groups excluding carboxylic acids is 1. The molecule has 2 fully saturated rings. The molecule has 2 aromatic carbocycles. The Labute approximate surface area is 221 Å². The van der Waals surface area contributed by atoms with Crippen molar-refractivity contribution >= 4 is 11.7 Å². The van der Waals surface area contributed by atoms with Crippen LogP contribution in [0.1, 0.15) is 74.3 Å². The summed E-state index contributed by atoms with van der Waals surface area (Å²) in [5, 5.41) is 13.5. The maximum Gasteiger partial charge on any atom is 0.317 e. The van der Waals surface area contributed by atoms with Crippen molar-refractivity contribution in [3.05, 3.63) is 64.2 Å². The molecule has 5 rings (SSSR count). The van der Waals surface area contributed by atoms with Crippen LogP contribution in [0.15, 0.2) is 36.4 Å². The smallest absolute Gasteiger partial charge is 0.317 e. The van der Waals surface area contributed by atoms with Crippen LogP contribution in [0.25, 0.3) is 0 Å². The van der Waals surface area contributed by atoms with E-state index in [-0.39, 0.29) is 17.7 Å². The van der Waals surface area contributed by atoms with Crippen LogP contribution >= 0.6 is 0 Å². The van der Waals surface area contributed by atoms with Crippen molar-refractivity contribution in [3.8, 4) is 6.07 Å². The third kappa shape index (κ3) is 5.48. The summed E-state index contributed by atoms with van der Waals surface area (Å²) in [7, 11) is 0. The summed E-state index contributed by atoms with van der Waals surface area (Å²) < 4.78 is 6.17. The highest BCUT2D eigenvalue weighted by Gasteiger charge is 2.38. The lowest BCUT2D eigenvalue weighted by atomic mass is 9.83. The number of urea groups is 1. The molecule has 2 heterocycles.